The van der Waals surface area contributed by atoms with Crippen molar-refractivity contribution >= 4 is 5.91 Å². The van der Waals surface area contributed by atoms with Crippen molar-refractivity contribution in [2.24, 2.45) is 0 Å². The topological polar surface area (TPSA) is 41.1 Å². The first-order valence-electron chi connectivity index (χ1n) is 6.56. The molecule has 1 unspecified atom stereocenters. The van der Waals surface area contributed by atoms with Gasteiger partial charge in [0, 0.05) is 12.1 Å². The number of carbonyl (C=O) groups excluding carboxylic acids is 1. The van der Waals surface area contributed by atoms with E-state index in [4.69, 9.17) is 0 Å². The molecular formula is C15H24N2O. The van der Waals surface area contributed by atoms with E-state index in [-0.39, 0.29) is 11.9 Å². The van der Waals surface area contributed by atoms with Gasteiger partial charge in [-0.3, -0.25) is 4.79 Å². The Hall–Kier alpha value is -1.35. The summed E-state index contributed by atoms with van der Waals surface area (Å²) in [4.78, 5) is 11.7. The third kappa shape index (κ3) is 5.32. The number of rotatable bonds is 6. The van der Waals surface area contributed by atoms with Crippen LogP contribution < -0.4 is 10.6 Å². The van der Waals surface area contributed by atoms with Gasteiger partial charge in [0.05, 0.1) is 6.54 Å². The normalized spacial score (nSPS) is 12.5. The molecule has 1 atom stereocenters. The van der Waals surface area contributed by atoms with Crippen LogP contribution in [0.2, 0.25) is 0 Å². The first kappa shape index (κ1) is 14.7. The molecule has 0 heterocycles. The molecule has 0 saturated heterocycles. The molecule has 0 aliphatic heterocycles. The molecule has 100 valence electrons. The third-order valence-electron chi connectivity index (χ3n) is 2.87. The second kappa shape index (κ2) is 7.17. The second-order valence-electron chi connectivity index (χ2n) is 5.13. The summed E-state index contributed by atoms with van der Waals surface area (Å²) in [6.07, 6.45) is 0.875. The zero-order chi connectivity index (χ0) is 13.5. The lowest BCUT2D eigenvalue weighted by Crippen LogP contribution is -2.41. The fraction of sp³-hybridized carbons (Fsp3) is 0.533. The highest BCUT2D eigenvalue weighted by molar-refractivity contribution is 5.78. The Morgan fingerprint density at radius 1 is 1.22 bits per heavy atom. The quantitative estimate of drug-likeness (QED) is 0.809. The van der Waals surface area contributed by atoms with Gasteiger partial charge in [-0.2, -0.15) is 0 Å². The number of nitrogens with one attached hydrogen (secondary N) is 2. The standard InChI is InChI=1S/C15H24N2O/c1-11(2)16-10-15(18)17-13(4)9-14-8-6-5-7-12(14)3/h5-8,11,13,16H,9-10H2,1-4H3,(H,17,18). The summed E-state index contributed by atoms with van der Waals surface area (Å²) >= 11 is 0. The van der Waals surface area contributed by atoms with Crippen LogP contribution >= 0.6 is 0 Å². The first-order valence-corrected chi connectivity index (χ1v) is 6.56. The minimum absolute atomic E-state index is 0.0600. The number of carbonyl (C=O) groups is 1. The molecular weight excluding hydrogens is 224 g/mol. The van der Waals surface area contributed by atoms with Crippen molar-refractivity contribution in [1.29, 1.82) is 0 Å². The van der Waals surface area contributed by atoms with Crippen LogP contribution in [0.15, 0.2) is 24.3 Å². The smallest absolute Gasteiger partial charge is 0.234 e. The van der Waals surface area contributed by atoms with Crippen molar-refractivity contribution in [3.8, 4) is 0 Å². The lowest BCUT2D eigenvalue weighted by molar-refractivity contribution is -0.120. The highest BCUT2D eigenvalue weighted by atomic mass is 16.1. The predicted octanol–water partition coefficient (Wildman–Crippen LogP) is 2.04. The molecule has 0 aromatic heterocycles. The van der Waals surface area contributed by atoms with Gasteiger partial charge in [0.15, 0.2) is 0 Å². The van der Waals surface area contributed by atoms with Crippen molar-refractivity contribution in [3.63, 3.8) is 0 Å². The largest absolute Gasteiger partial charge is 0.352 e. The fourth-order valence-corrected chi connectivity index (χ4v) is 1.84. The van der Waals surface area contributed by atoms with Crippen molar-refractivity contribution in [3.05, 3.63) is 35.4 Å². The zero-order valence-corrected chi connectivity index (χ0v) is 11.8. The summed E-state index contributed by atoms with van der Waals surface area (Å²) in [6, 6.07) is 8.79. The molecule has 0 bridgehead atoms. The number of amides is 1. The lowest BCUT2D eigenvalue weighted by Gasteiger charge is -2.16. The van der Waals surface area contributed by atoms with Gasteiger partial charge in [0.25, 0.3) is 0 Å². The van der Waals surface area contributed by atoms with E-state index in [0.717, 1.165) is 6.42 Å². The Kier molecular flexibility index (Phi) is 5.86. The molecule has 0 aliphatic carbocycles. The van der Waals surface area contributed by atoms with E-state index < -0.39 is 0 Å². The van der Waals surface area contributed by atoms with Crippen molar-refractivity contribution in [1.82, 2.24) is 10.6 Å². The van der Waals surface area contributed by atoms with Gasteiger partial charge in [-0.05, 0) is 31.4 Å². The second-order valence-corrected chi connectivity index (χ2v) is 5.13. The van der Waals surface area contributed by atoms with E-state index >= 15 is 0 Å². The van der Waals surface area contributed by atoms with Crippen molar-refractivity contribution in [2.75, 3.05) is 6.54 Å². The first-order chi connectivity index (χ1) is 8.49. The van der Waals surface area contributed by atoms with Gasteiger partial charge in [0.2, 0.25) is 5.91 Å². The molecule has 1 amide bonds. The molecule has 0 spiro atoms. The SMILES string of the molecule is Cc1ccccc1CC(C)NC(=O)CNC(C)C. The number of benzene rings is 1. The van der Waals surface area contributed by atoms with E-state index in [1.807, 2.05) is 32.9 Å². The molecule has 2 N–H and O–H groups in total. The Morgan fingerprint density at radius 3 is 2.50 bits per heavy atom. The van der Waals surface area contributed by atoms with E-state index in [0.29, 0.717) is 12.6 Å². The Bertz CT molecular complexity index is 388. The molecule has 1 rings (SSSR count). The van der Waals surface area contributed by atoms with E-state index in [9.17, 15) is 4.79 Å². The van der Waals surface area contributed by atoms with Crippen LogP contribution in [-0.2, 0) is 11.2 Å². The van der Waals surface area contributed by atoms with Crippen LogP contribution in [-0.4, -0.2) is 24.5 Å². The Morgan fingerprint density at radius 2 is 1.89 bits per heavy atom. The van der Waals surface area contributed by atoms with E-state index in [1.54, 1.807) is 0 Å². The van der Waals surface area contributed by atoms with E-state index in [2.05, 4.69) is 29.7 Å². The monoisotopic (exact) mass is 248 g/mol. The summed E-state index contributed by atoms with van der Waals surface area (Å²) < 4.78 is 0. The van der Waals surface area contributed by atoms with E-state index in [1.165, 1.54) is 11.1 Å². The summed E-state index contributed by atoms with van der Waals surface area (Å²) in [5.74, 6) is 0.0600. The van der Waals surface area contributed by atoms with Crippen molar-refractivity contribution < 1.29 is 4.79 Å². The lowest BCUT2D eigenvalue weighted by atomic mass is 10.0. The highest BCUT2D eigenvalue weighted by Gasteiger charge is 2.09. The van der Waals surface area contributed by atoms with Crippen LogP contribution in [0.25, 0.3) is 0 Å². The van der Waals surface area contributed by atoms with Gasteiger partial charge in [-0.1, -0.05) is 38.1 Å². The molecule has 0 aliphatic rings. The maximum Gasteiger partial charge on any atom is 0.234 e. The van der Waals surface area contributed by atoms with Gasteiger partial charge in [-0.25, -0.2) is 0 Å². The molecule has 1 aromatic carbocycles. The fourth-order valence-electron chi connectivity index (χ4n) is 1.84. The van der Waals surface area contributed by atoms with Gasteiger partial charge in [-0.15, -0.1) is 0 Å². The summed E-state index contributed by atoms with van der Waals surface area (Å²) in [5.41, 5.74) is 2.57. The highest BCUT2D eigenvalue weighted by Crippen LogP contribution is 2.09. The molecule has 1 aromatic rings. The van der Waals surface area contributed by atoms with Crippen molar-refractivity contribution in [2.45, 2.75) is 46.2 Å². The van der Waals surface area contributed by atoms with Crippen LogP contribution in [0, 0.1) is 6.92 Å². The molecule has 3 nitrogen and oxygen atoms in total. The Labute approximate surface area is 110 Å². The zero-order valence-electron chi connectivity index (χ0n) is 11.8. The third-order valence-corrected chi connectivity index (χ3v) is 2.87. The Balaban J connectivity index is 2.40. The van der Waals surface area contributed by atoms with Crippen LogP contribution in [0.5, 0.6) is 0 Å². The molecule has 0 saturated carbocycles. The van der Waals surface area contributed by atoms with Gasteiger partial charge >= 0.3 is 0 Å². The summed E-state index contributed by atoms with van der Waals surface area (Å²) in [6.45, 7) is 8.59. The predicted molar refractivity (Wildman–Crippen MR) is 75.6 cm³/mol. The molecule has 0 radical (unpaired) electrons. The molecule has 18 heavy (non-hydrogen) atoms. The summed E-state index contributed by atoms with van der Waals surface area (Å²) in [7, 11) is 0. The number of hydrogen-bond donors (Lipinski definition) is 2. The van der Waals surface area contributed by atoms with Crippen LogP contribution in [0.4, 0.5) is 0 Å². The van der Waals surface area contributed by atoms with Gasteiger partial charge in [0.1, 0.15) is 0 Å². The minimum atomic E-state index is 0.0600. The average Bonchev–Trinajstić information content (AvgIpc) is 2.29. The molecule has 0 fully saturated rings. The minimum Gasteiger partial charge on any atom is -0.352 e. The van der Waals surface area contributed by atoms with Crippen LogP contribution in [0.3, 0.4) is 0 Å². The number of hydrogen-bond acceptors (Lipinski definition) is 2. The molecule has 3 heteroatoms. The maximum atomic E-state index is 11.7. The van der Waals surface area contributed by atoms with Gasteiger partial charge < -0.3 is 10.6 Å². The average molecular weight is 248 g/mol. The van der Waals surface area contributed by atoms with Crippen LogP contribution in [0.1, 0.15) is 31.9 Å². The maximum absolute atomic E-state index is 11.7. The number of aryl methyl sites for hydroxylation is 1. The summed E-state index contributed by atoms with van der Waals surface area (Å²) in [5, 5.41) is 6.12.